The third-order valence-corrected chi connectivity index (χ3v) is 3.01. The molecule has 0 aromatic heterocycles. The Labute approximate surface area is 85.0 Å². The Bertz CT molecular complexity index is 322. The first-order valence-electron chi connectivity index (χ1n) is 5.29. The highest BCUT2D eigenvalue weighted by Crippen LogP contribution is 2.20. The molecule has 0 fully saturated rings. The zero-order valence-electron chi connectivity index (χ0n) is 8.59. The maximum atomic E-state index is 9.08. The second kappa shape index (κ2) is 4.11. The number of fused-ring (bicyclic) bond motifs is 1. The largest absolute Gasteiger partial charge is 0.395 e. The molecule has 0 radical (unpaired) electrons. The average Bonchev–Trinajstić information content (AvgIpc) is 2.27. The summed E-state index contributed by atoms with van der Waals surface area (Å²) >= 11 is 0. The highest BCUT2D eigenvalue weighted by Gasteiger charge is 2.18. The fourth-order valence-electron chi connectivity index (χ4n) is 2.15. The van der Waals surface area contributed by atoms with Gasteiger partial charge in [0.25, 0.3) is 0 Å². The summed E-state index contributed by atoms with van der Waals surface area (Å²) in [5.41, 5.74) is 4.29. The minimum absolute atomic E-state index is 0.232. The second-order valence-corrected chi connectivity index (χ2v) is 3.87. The Hall–Kier alpha value is -0.860. The molecule has 2 rings (SSSR count). The van der Waals surface area contributed by atoms with Crippen molar-refractivity contribution in [2.24, 2.45) is 0 Å². The van der Waals surface area contributed by atoms with Crippen LogP contribution in [-0.2, 0) is 19.4 Å². The minimum atomic E-state index is 0.232. The fourth-order valence-corrected chi connectivity index (χ4v) is 2.15. The monoisotopic (exact) mass is 191 g/mol. The van der Waals surface area contributed by atoms with Crippen LogP contribution in [-0.4, -0.2) is 17.8 Å². The highest BCUT2D eigenvalue weighted by molar-refractivity contribution is 5.37. The second-order valence-electron chi connectivity index (χ2n) is 3.87. The van der Waals surface area contributed by atoms with Gasteiger partial charge in [0, 0.05) is 12.6 Å². The number of rotatable bonds is 2. The van der Waals surface area contributed by atoms with Gasteiger partial charge in [-0.15, -0.1) is 0 Å². The van der Waals surface area contributed by atoms with Crippen molar-refractivity contribution in [3.63, 3.8) is 0 Å². The standard InChI is InChI=1S/C12H17NO/c1-2-9-4-3-5-10-6-11(8-14)13-7-12(9)10/h3-5,11,13-14H,2,6-8H2,1H3/t11-/m0/s1. The lowest BCUT2D eigenvalue weighted by Crippen LogP contribution is -2.38. The van der Waals surface area contributed by atoms with Crippen LogP contribution in [0.2, 0.25) is 0 Å². The summed E-state index contributed by atoms with van der Waals surface area (Å²) in [5.74, 6) is 0. The van der Waals surface area contributed by atoms with Gasteiger partial charge < -0.3 is 10.4 Å². The van der Waals surface area contributed by atoms with Crippen molar-refractivity contribution in [1.29, 1.82) is 0 Å². The van der Waals surface area contributed by atoms with Gasteiger partial charge in [0.05, 0.1) is 6.61 Å². The van der Waals surface area contributed by atoms with Crippen LogP contribution >= 0.6 is 0 Å². The maximum absolute atomic E-state index is 9.08. The van der Waals surface area contributed by atoms with E-state index in [1.165, 1.54) is 16.7 Å². The van der Waals surface area contributed by atoms with E-state index in [2.05, 4.69) is 30.4 Å². The molecule has 2 nitrogen and oxygen atoms in total. The van der Waals surface area contributed by atoms with Gasteiger partial charge >= 0.3 is 0 Å². The Kier molecular flexibility index (Phi) is 2.85. The number of aliphatic hydroxyl groups is 1. The predicted octanol–water partition coefficient (Wildman–Crippen LogP) is 1.26. The average molecular weight is 191 g/mol. The minimum Gasteiger partial charge on any atom is -0.395 e. The molecule has 2 heteroatoms. The zero-order valence-corrected chi connectivity index (χ0v) is 8.59. The van der Waals surface area contributed by atoms with E-state index >= 15 is 0 Å². The van der Waals surface area contributed by atoms with Gasteiger partial charge in [-0.05, 0) is 29.5 Å². The third kappa shape index (κ3) is 1.68. The van der Waals surface area contributed by atoms with Gasteiger partial charge in [0.15, 0.2) is 0 Å². The lowest BCUT2D eigenvalue weighted by atomic mass is 9.91. The van der Waals surface area contributed by atoms with Gasteiger partial charge in [-0.2, -0.15) is 0 Å². The Balaban J connectivity index is 2.30. The van der Waals surface area contributed by atoms with Crippen molar-refractivity contribution in [2.75, 3.05) is 6.61 Å². The van der Waals surface area contributed by atoms with Gasteiger partial charge in [-0.25, -0.2) is 0 Å². The van der Waals surface area contributed by atoms with Crippen LogP contribution in [0.4, 0.5) is 0 Å². The van der Waals surface area contributed by atoms with Crippen LogP contribution in [0.5, 0.6) is 0 Å². The zero-order chi connectivity index (χ0) is 9.97. The number of benzene rings is 1. The van der Waals surface area contributed by atoms with Gasteiger partial charge in [-0.3, -0.25) is 0 Å². The van der Waals surface area contributed by atoms with E-state index < -0.39 is 0 Å². The van der Waals surface area contributed by atoms with Gasteiger partial charge in [-0.1, -0.05) is 25.1 Å². The van der Waals surface area contributed by atoms with Gasteiger partial charge in [0.1, 0.15) is 0 Å². The lowest BCUT2D eigenvalue weighted by Gasteiger charge is -2.26. The third-order valence-electron chi connectivity index (χ3n) is 3.01. The molecule has 0 saturated carbocycles. The molecule has 2 N–H and O–H groups in total. The summed E-state index contributed by atoms with van der Waals surface area (Å²) in [7, 11) is 0. The molecule has 0 amide bonds. The van der Waals surface area contributed by atoms with Crippen molar-refractivity contribution >= 4 is 0 Å². The summed E-state index contributed by atoms with van der Waals surface area (Å²) in [5, 5.41) is 12.4. The molecule has 0 unspecified atom stereocenters. The van der Waals surface area contributed by atoms with Crippen molar-refractivity contribution in [3.05, 3.63) is 34.9 Å². The number of hydrogen-bond donors (Lipinski definition) is 2. The van der Waals surface area contributed by atoms with Crippen molar-refractivity contribution < 1.29 is 5.11 Å². The molecule has 1 aliphatic heterocycles. The molecule has 76 valence electrons. The van der Waals surface area contributed by atoms with Crippen LogP contribution in [0.25, 0.3) is 0 Å². The lowest BCUT2D eigenvalue weighted by molar-refractivity contribution is 0.235. The first kappa shape index (κ1) is 9.69. The van der Waals surface area contributed by atoms with Crippen LogP contribution in [0.3, 0.4) is 0 Å². The number of aryl methyl sites for hydroxylation is 1. The predicted molar refractivity (Wildman–Crippen MR) is 57.2 cm³/mol. The number of aliphatic hydroxyl groups excluding tert-OH is 1. The Morgan fingerprint density at radius 3 is 3.07 bits per heavy atom. The summed E-state index contributed by atoms with van der Waals surface area (Å²) in [4.78, 5) is 0. The number of nitrogens with one attached hydrogen (secondary N) is 1. The molecule has 1 atom stereocenters. The molecule has 1 aromatic carbocycles. The Morgan fingerprint density at radius 2 is 2.36 bits per heavy atom. The van der Waals surface area contributed by atoms with E-state index in [4.69, 9.17) is 5.11 Å². The van der Waals surface area contributed by atoms with Crippen molar-refractivity contribution in [2.45, 2.75) is 32.4 Å². The first-order valence-corrected chi connectivity index (χ1v) is 5.29. The normalized spacial score (nSPS) is 20.6. The van der Waals surface area contributed by atoms with Crippen molar-refractivity contribution in [1.82, 2.24) is 5.32 Å². The van der Waals surface area contributed by atoms with E-state index in [0.717, 1.165) is 19.4 Å². The maximum Gasteiger partial charge on any atom is 0.0587 e. The van der Waals surface area contributed by atoms with Crippen LogP contribution in [0.1, 0.15) is 23.6 Å². The summed E-state index contributed by atoms with van der Waals surface area (Å²) in [6, 6.07) is 6.74. The summed E-state index contributed by atoms with van der Waals surface area (Å²) in [6.45, 7) is 3.33. The van der Waals surface area contributed by atoms with Gasteiger partial charge in [0.2, 0.25) is 0 Å². The van der Waals surface area contributed by atoms with Crippen LogP contribution < -0.4 is 5.32 Å². The van der Waals surface area contributed by atoms with E-state index in [1.807, 2.05) is 0 Å². The molecule has 1 aromatic rings. The van der Waals surface area contributed by atoms with E-state index in [1.54, 1.807) is 0 Å². The molecule has 0 aliphatic carbocycles. The molecule has 0 bridgehead atoms. The topological polar surface area (TPSA) is 32.3 Å². The number of hydrogen-bond acceptors (Lipinski definition) is 2. The molecular weight excluding hydrogens is 174 g/mol. The quantitative estimate of drug-likeness (QED) is 0.737. The highest BCUT2D eigenvalue weighted by atomic mass is 16.3. The fraction of sp³-hybridized carbons (Fsp3) is 0.500. The molecule has 1 heterocycles. The Morgan fingerprint density at radius 1 is 1.50 bits per heavy atom. The van der Waals surface area contributed by atoms with Crippen LogP contribution in [0.15, 0.2) is 18.2 Å². The van der Waals surface area contributed by atoms with E-state index in [-0.39, 0.29) is 12.6 Å². The van der Waals surface area contributed by atoms with Crippen LogP contribution in [0, 0.1) is 0 Å². The molecule has 1 aliphatic rings. The smallest absolute Gasteiger partial charge is 0.0587 e. The summed E-state index contributed by atoms with van der Waals surface area (Å²) in [6.07, 6.45) is 2.05. The van der Waals surface area contributed by atoms with Crippen molar-refractivity contribution in [3.8, 4) is 0 Å². The molecule has 0 saturated heterocycles. The molecular formula is C12H17NO. The SMILES string of the molecule is CCc1cccc2c1CN[C@H](CO)C2. The summed E-state index contributed by atoms with van der Waals surface area (Å²) < 4.78 is 0. The molecule has 0 spiro atoms. The van der Waals surface area contributed by atoms with E-state index in [0.29, 0.717) is 0 Å². The first-order chi connectivity index (χ1) is 6.85. The molecule has 14 heavy (non-hydrogen) atoms. The van der Waals surface area contributed by atoms with E-state index in [9.17, 15) is 0 Å².